The molecule has 0 amide bonds. The summed E-state index contributed by atoms with van der Waals surface area (Å²) in [6.45, 7) is 5.03. The van der Waals surface area contributed by atoms with E-state index in [1.165, 1.54) is 6.07 Å². The van der Waals surface area contributed by atoms with Gasteiger partial charge in [-0.25, -0.2) is 14.4 Å². The number of pyridine rings is 4. The van der Waals surface area contributed by atoms with Gasteiger partial charge in [0.1, 0.15) is 18.2 Å². The smallest absolute Gasteiger partial charge is 0.213 e. The molecule has 46 heavy (non-hydrogen) atoms. The van der Waals surface area contributed by atoms with Crippen molar-refractivity contribution >= 4 is 22.4 Å². The maximum Gasteiger partial charge on any atom is 0.213 e. The van der Waals surface area contributed by atoms with E-state index in [9.17, 15) is 4.79 Å². The van der Waals surface area contributed by atoms with E-state index in [-0.39, 0.29) is 17.5 Å². The zero-order valence-corrected chi connectivity index (χ0v) is 25.9. The Labute approximate surface area is 266 Å². The van der Waals surface area contributed by atoms with Gasteiger partial charge in [0.15, 0.2) is 11.2 Å². The second-order valence-electron chi connectivity index (χ2n) is 12.0. The van der Waals surface area contributed by atoms with Gasteiger partial charge in [0.25, 0.3) is 0 Å². The molecule has 5 aromatic rings. The number of rotatable bonds is 8. The Kier molecular flexibility index (Phi) is 8.00. The first-order valence-corrected chi connectivity index (χ1v) is 15.5. The van der Waals surface area contributed by atoms with Gasteiger partial charge in [-0.05, 0) is 67.3 Å². The molecule has 11 heteroatoms. The zero-order chi connectivity index (χ0) is 31.8. The van der Waals surface area contributed by atoms with Gasteiger partial charge >= 0.3 is 0 Å². The third-order valence-corrected chi connectivity index (χ3v) is 9.03. The Morgan fingerprint density at radius 2 is 1.96 bits per heavy atom. The van der Waals surface area contributed by atoms with Crippen molar-refractivity contribution in [1.82, 2.24) is 24.4 Å². The lowest BCUT2D eigenvalue weighted by molar-refractivity contribution is 0.157. The van der Waals surface area contributed by atoms with Crippen LogP contribution < -0.4 is 25.5 Å². The van der Waals surface area contributed by atoms with Crippen LogP contribution in [0, 0.1) is 5.82 Å². The Balaban J connectivity index is 1.30. The van der Waals surface area contributed by atoms with Crippen molar-refractivity contribution in [1.29, 1.82) is 0 Å². The molecule has 10 nitrogen and oxygen atoms in total. The van der Waals surface area contributed by atoms with Crippen molar-refractivity contribution in [3.05, 3.63) is 101 Å². The van der Waals surface area contributed by atoms with E-state index in [1.807, 2.05) is 43.6 Å². The fraction of sp³-hybridized carbons (Fsp3) is 0.314. The van der Waals surface area contributed by atoms with Crippen LogP contribution in [-0.2, 0) is 13.1 Å². The highest BCUT2D eigenvalue weighted by Gasteiger charge is 2.30. The Hall–Kier alpha value is -5.03. The average Bonchev–Trinajstić information content (AvgIpc) is 3.08. The van der Waals surface area contributed by atoms with E-state index in [0.29, 0.717) is 64.7 Å². The molecule has 2 N–H and O–H groups in total. The minimum absolute atomic E-state index is 0.0498. The van der Waals surface area contributed by atoms with E-state index in [2.05, 4.69) is 29.3 Å². The minimum Gasteiger partial charge on any atom is -0.488 e. The number of ether oxygens (including phenoxy) is 2. The second kappa shape index (κ2) is 12.4. The van der Waals surface area contributed by atoms with Crippen LogP contribution in [0.4, 0.5) is 15.9 Å². The number of halogens is 1. The lowest BCUT2D eigenvalue weighted by Crippen LogP contribution is -2.48. The average molecular weight is 622 g/mol. The van der Waals surface area contributed by atoms with Crippen LogP contribution in [0.25, 0.3) is 22.0 Å². The van der Waals surface area contributed by atoms with E-state index in [4.69, 9.17) is 15.2 Å². The molecule has 1 aromatic carbocycles. The topological polar surface area (TPSA) is 112 Å². The maximum absolute atomic E-state index is 15.9. The molecule has 2 atom stereocenters. The summed E-state index contributed by atoms with van der Waals surface area (Å²) in [7, 11) is 1.60. The highest BCUT2D eigenvalue weighted by Crippen LogP contribution is 2.42. The summed E-state index contributed by atoms with van der Waals surface area (Å²) >= 11 is 0. The van der Waals surface area contributed by atoms with Gasteiger partial charge in [-0.2, -0.15) is 0 Å². The Morgan fingerprint density at radius 3 is 2.74 bits per heavy atom. The van der Waals surface area contributed by atoms with Crippen LogP contribution in [0.15, 0.2) is 78.2 Å². The number of benzene rings is 1. The molecule has 4 aromatic heterocycles. The normalized spacial score (nSPS) is 17.7. The number of hydrogen-bond acceptors (Lipinski definition) is 9. The molecule has 1 saturated heterocycles. The summed E-state index contributed by atoms with van der Waals surface area (Å²) < 4.78 is 29.5. The first-order chi connectivity index (χ1) is 22.4. The molecular formula is C35H36FN7O3. The first kappa shape index (κ1) is 29.7. The number of aromatic nitrogens is 4. The van der Waals surface area contributed by atoms with Crippen LogP contribution in [-0.4, -0.2) is 57.3 Å². The number of hydrogen-bond donors (Lipinski definition) is 1. The maximum atomic E-state index is 15.9. The summed E-state index contributed by atoms with van der Waals surface area (Å²) in [6, 6.07) is 12.7. The Bertz CT molecular complexity index is 1930. The van der Waals surface area contributed by atoms with Gasteiger partial charge in [0.2, 0.25) is 5.88 Å². The molecule has 1 unspecified atom stereocenters. The second-order valence-corrected chi connectivity index (χ2v) is 12.0. The SMILES string of the molecule is COc1cc(CN(Cc2cn3c4c(c(-c5ccncc5)c(F)cc4c2=O)OCC3C)[C@H]2CCCN(c3ccc(N)nc3)C2)ccn1. The fourth-order valence-corrected chi connectivity index (χ4v) is 6.68. The molecule has 0 spiro atoms. The summed E-state index contributed by atoms with van der Waals surface area (Å²) in [4.78, 5) is 31.6. The summed E-state index contributed by atoms with van der Waals surface area (Å²) in [5.41, 5.74) is 9.92. The molecule has 2 aliphatic heterocycles. The molecule has 0 saturated carbocycles. The summed E-state index contributed by atoms with van der Waals surface area (Å²) in [5.74, 6) is 0.916. The highest BCUT2D eigenvalue weighted by molar-refractivity contribution is 5.93. The van der Waals surface area contributed by atoms with Crippen molar-refractivity contribution in [2.75, 3.05) is 37.4 Å². The standard InChI is InChI=1S/C35H36FN7O3/c1-22-21-46-35-32(24-8-10-38-11-9-24)29(36)15-28-33(35)43(22)19-25(34(28)44)18-42(17-23-7-12-39-31(14-23)45-2)27-4-3-13-41(20-27)26-5-6-30(37)40-16-26/h5-12,14-16,19,22,27H,3-4,13,17-18,20-21H2,1-2H3,(H2,37,40)/t22?,27-/m0/s1. The number of nitrogens with two attached hydrogens (primary N) is 1. The molecule has 2 aliphatic rings. The molecule has 6 heterocycles. The largest absolute Gasteiger partial charge is 0.488 e. The van der Waals surface area contributed by atoms with Crippen molar-refractivity contribution < 1.29 is 13.9 Å². The first-order valence-electron chi connectivity index (χ1n) is 15.5. The van der Waals surface area contributed by atoms with E-state index < -0.39 is 5.82 Å². The van der Waals surface area contributed by atoms with Gasteiger partial charge in [-0.15, -0.1) is 0 Å². The number of anilines is 2. The molecule has 7 rings (SSSR count). The van der Waals surface area contributed by atoms with Crippen molar-refractivity contribution in [3.63, 3.8) is 0 Å². The fourth-order valence-electron chi connectivity index (χ4n) is 6.68. The van der Waals surface area contributed by atoms with Crippen LogP contribution in [0.5, 0.6) is 11.6 Å². The van der Waals surface area contributed by atoms with Gasteiger partial charge in [-0.3, -0.25) is 14.7 Å². The van der Waals surface area contributed by atoms with Crippen LogP contribution >= 0.6 is 0 Å². The van der Waals surface area contributed by atoms with Crippen LogP contribution in [0.2, 0.25) is 0 Å². The lowest BCUT2D eigenvalue weighted by Gasteiger charge is -2.40. The number of nitrogen functional groups attached to an aromatic ring is 1. The quantitative estimate of drug-likeness (QED) is 0.250. The number of piperidine rings is 1. The molecule has 236 valence electrons. The van der Waals surface area contributed by atoms with E-state index in [1.54, 1.807) is 37.8 Å². The lowest BCUT2D eigenvalue weighted by atomic mass is 9.98. The van der Waals surface area contributed by atoms with E-state index >= 15 is 4.39 Å². The van der Waals surface area contributed by atoms with Gasteiger partial charge in [0, 0.05) is 68.6 Å². The van der Waals surface area contributed by atoms with Crippen molar-refractivity contribution in [3.8, 4) is 22.8 Å². The molecule has 0 radical (unpaired) electrons. The number of methoxy groups -OCH3 is 1. The Morgan fingerprint density at radius 1 is 1.11 bits per heavy atom. The highest BCUT2D eigenvalue weighted by atomic mass is 19.1. The summed E-state index contributed by atoms with van der Waals surface area (Å²) in [5, 5.41) is 0.318. The third-order valence-electron chi connectivity index (χ3n) is 9.03. The summed E-state index contributed by atoms with van der Waals surface area (Å²) in [6.07, 6.45) is 10.7. The van der Waals surface area contributed by atoms with Gasteiger partial charge in [0.05, 0.1) is 41.5 Å². The molecular weight excluding hydrogens is 585 g/mol. The number of nitrogens with zero attached hydrogens (tertiary/aromatic N) is 6. The van der Waals surface area contributed by atoms with E-state index in [0.717, 1.165) is 37.2 Å². The minimum atomic E-state index is -0.496. The predicted octanol–water partition coefficient (Wildman–Crippen LogP) is 5.21. The van der Waals surface area contributed by atoms with Gasteiger partial charge < -0.3 is 24.7 Å². The van der Waals surface area contributed by atoms with Crippen molar-refractivity contribution in [2.45, 2.75) is 44.9 Å². The molecule has 0 aliphatic carbocycles. The van der Waals surface area contributed by atoms with Gasteiger partial charge in [-0.1, -0.05) is 0 Å². The molecule has 0 bridgehead atoms. The van der Waals surface area contributed by atoms with Crippen molar-refractivity contribution in [2.24, 2.45) is 0 Å². The molecule has 1 fully saturated rings. The van der Waals surface area contributed by atoms with Crippen LogP contribution in [0.3, 0.4) is 0 Å². The third kappa shape index (κ3) is 5.62. The van der Waals surface area contributed by atoms with Crippen LogP contribution in [0.1, 0.15) is 36.9 Å². The monoisotopic (exact) mass is 621 g/mol. The zero-order valence-electron chi connectivity index (χ0n) is 25.9. The predicted molar refractivity (Wildman–Crippen MR) is 176 cm³/mol.